The molecule has 2 aromatic carbocycles. The molecule has 4 nitrogen and oxygen atoms in total. The van der Waals surface area contributed by atoms with Crippen molar-refractivity contribution in [2.75, 3.05) is 5.32 Å². The molecule has 1 heterocycles. The third-order valence-electron chi connectivity index (χ3n) is 7.78. The van der Waals surface area contributed by atoms with Gasteiger partial charge in [0.05, 0.1) is 17.5 Å². The molecule has 3 aromatic rings. The fourth-order valence-corrected chi connectivity index (χ4v) is 6.11. The number of pyridine rings is 1. The molecule has 2 aliphatic carbocycles. The molecule has 0 radical (unpaired) electrons. The lowest BCUT2D eigenvalue weighted by molar-refractivity contribution is 0.0468. The van der Waals surface area contributed by atoms with E-state index in [1.807, 2.05) is 25.1 Å². The van der Waals surface area contributed by atoms with E-state index in [0.717, 1.165) is 56.3 Å². The number of aryl methyl sites for hydroxylation is 2. The summed E-state index contributed by atoms with van der Waals surface area (Å²) in [5.41, 5.74) is 6.30. The van der Waals surface area contributed by atoms with Crippen LogP contribution in [0.5, 0.6) is 0 Å². The number of nitrogens with one attached hydrogen (secondary N) is 1. The van der Waals surface area contributed by atoms with Crippen LogP contribution in [0.25, 0.3) is 0 Å². The van der Waals surface area contributed by atoms with Gasteiger partial charge < -0.3 is 10.4 Å². The second-order valence-electron chi connectivity index (χ2n) is 10.5. The molecule has 36 heavy (non-hydrogen) atoms. The van der Waals surface area contributed by atoms with Crippen LogP contribution in [0.1, 0.15) is 85.1 Å². The summed E-state index contributed by atoms with van der Waals surface area (Å²) < 4.78 is 0. The Balaban J connectivity index is 0.000000967. The van der Waals surface area contributed by atoms with Crippen molar-refractivity contribution in [3.8, 4) is 0 Å². The Hall–Kier alpha value is -2.98. The zero-order valence-electron chi connectivity index (χ0n) is 22.0. The summed E-state index contributed by atoms with van der Waals surface area (Å²) in [7, 11) is 0. The molecular formula is C32H40N2O2. The number of carbonyl (C=O) groups is 1. The van der Waals surface area contributed by atoms with Crippen molar-refractivity contribution >= 4 is 11.6 Å². The average Bonchev–Trinajstić information content (AvgIpc) is 3.03. The van der Waals surface area contributed by atoms with Crippen LogP contribution in [0.3, 0.4) is 0 Å². The van der Waals surface area contributed by atoms with Gasteiger partial charge in [0.25, 0.3) is 5.91 Å². The van der Waals surface area contributed by atoms with E-state index in [0.29, 0.717) is 11.5 Å². The molecule has 5 rings (SSSR count). The van der Waals surface area contributed by atoms with Gasteiger partial charge in [-0.05, 0) is 98.7 Å². The Kier molecular flexibility index (Phi) is 8.58. The van der Waals surface area contributed by atoms with E-state index in [-0.39, 0.29) is 17.4 Å². The van der Waals surface area contributed by atoms with Gasteiger partial charge in [0.15, 0.2) is 0 Å². The van der Waals surface area contributed by atoms with E-state index in [2.05, 4.69) is 66.6 Å². The summed E-state index contributed by atoms with van der Waals surface area (Å²) in [6.07, 6.45) is 9.65. The SMILES string of the molecule is CCC.Cc1ncccc1NC(=O)c1ccc2c(c1)CCCC1CC(O)CCC21Cc1ccccc1. The van der Waals surface area contributed by atoms with Crippen LogP contribution < -0.4 is 5.32 Å². The number of rotatable bonds is 4. The van der Waals surface area contributed by atoms with Gasteiger partial charge in [0.1, 0.15) is 0 Å². The quantitative estimate of drug-likeness (QED) is 0.418. The second kappa shape index (κ2) is 11.8. The van der Waals surface area contributed by atoms with Crippen molar-refractivity contribution in [3.05, 3.63) is 94.8 Å². The molecule has 3 atom stereocenters. The Bertz CT molecular complexity index is 1160. The molecular weight excluding hydrogens is 444 g/mol. The molecule has 0 bridgehead atoms. The Morgan fingerprint density at radius 3 is 2.61 bits per heavy atom. The summed E-state index contributed by atoms with van der Waals surface area (Å²) in [6, 6.07) is 20.8. The van der Waals surface area contributed by atoms with Crippen molar-refractivity contribution in [2.45, 2.75) is 83.7 Å². The van der Waals surface area contributed by atoms with E-state index < -0.39 is 0 Å². The van der Waals surface area contributed by atoms with Crippen LogP contribution in [0.15, 0.2) is 66.9 Å². The number of hydrogen-bond acceptors (Lipinski definition) is 3. The van der Waals surface area contributed by atoms with Gasteiger partial charge >= 0.3 is 0 Å². The first-order valence-corrected chi connectivity index (χ1v) is 13.5. The molecule has 3 unspecified atom stereocenters. The fourth-order valence-electron chi connectivity index (χ4n) is 6.11. The summed E-state index contributed by atoms with van der Waals surface area (Å²) in [5, 5.41) is 13.5. The smallest absolute Gasteiger partial charge is 0.255 e. The highest BCUT2D eigenvalue weighted by molar-refractivity contribution is 6.04. The number of fused-ring (bicyclic) bond motifs is 3. The molecule has 1 fully saturated rings. The highest BCUT2D eigenvalue weighted by Crippen LogP contribution is 2.51. The third kappa shape index (κ3) is 5.70. The van der Waals surface area contributed by atoms with E-state index in [9.17, 15) is 9.90 Å². The Labute approximate surface area is 216 Å². The van der Waals surface area contributed by atoms with Crippen LogP contribution in [-0.4, -0.2) is 22.1 Å². The summed E-state index contributed by atoms with van der Waals surface area (Å²) >= 11 is 0. The van der Waals surface area contributed by atoms with Crippen molar-refractivity contribution in [1.82, 2.24) is 4.98 Å². The van der Waals surface area contributed by atoms with Crippen LogP contribution in [0, 0.1) is 12.8 Å². The Morgan fingerprint density at radius 2 is 1.86 bits per heavy atom. The van der Waals surface area contributed by atoms with Crippen LogP contribution in [-0.2, 0) is 18.3 Å². The number of aliphatic hydroxyl groups excluding tert-OH is 1. The summed E-state index contributed by atoms with van der Waals surface area (Å²) in [4.78, 5) is 17.3. The first-order valence-electron chi connectivity index (χ1n) is 13.5. The van der Waals surface area contributed by atoms with E-state index in [1.54, 1.807) is 6.20 Å². The zero-order chi connectivity index (χ0) is 25.5. The molecule has 2 aliphatic rings. The number of aliphatic hydroxyl groups is 1. The zero-order valence-corrected chi connectivity index (χ0v) is 22.0. The maximum absolute atomic E-state index is 13.1. The number of carbonyl (C=O) groups excluding carboxylic acids is 1. The lowest BCUT2D eigenvalue weighted by Gasteiger charge is -2.46. The summed E-state index contributed by atoms with van der Waals surface area (Å²) in [5.74, 6) is 0.367. The second-order valence-corrected chi connectivity index (χ2v) is 10.5. The van der Waals surface area contributed by atoms with Gasteiger partial charge in [-0.15, -0.1) is 0 Å². The highest BCUT2D eigenvalue weighted by Gasteiger charge is 2.46. The number of hydrogen-bond donors (Lipinski definition) is 2. The van der Waals surface area contributed by atoms with Gasteiger partial charge in [0, 0.05) is 17.2 Å². The molecule has 1 aromatic heterocycles. The highest BCUT2D eigenvalue weighted by atomic mass is 16.3. The molecule has 0 aliphatic heterocycles. The molecule has 190 valence electrons. The van der Waals surface area contributed by atoms with Crippen molar-refractivity contribution < 1.29 is 9.90 Å². The Morgan fingerprint density at radius 1 is 1.08 bits per heavy atom. The van der Waals surface area contributed by atoms with Crippen molar-refractivity contribution in [2.24, 2.45) is 5.92 Å². The molecule has 2 N–H and O–H groups in total. The predicted octanol–water partition coefficient (Wildman–Crippen LogP) is 7.04. The topological polar surface area (TPSA) is 62.2 Å². The minimum Gasteiger partial charge on any atom is -0.393 e. The largest absolute Gasteiger partial charge is 0.393 e. The number of nitrogens with zero attached hydrogens (tertiary/aromatic N) is 1. The van der Waals surface area contributed by atoms with Crippen LogP contribution >= 0.6 is 0 Å². The molecule has 0 spiro atoms. The third-order valence-corrected chi connectivity index (χ3v) is 7.78. The minimum atomic E-state index is -0.201. The standard InChI is InChI=1S/C29H32N2O2.C3H8/c1-20-27(11-6-16-30-20)31-28(33)23-12-13-26-22(17-23)9-5-10-24-18-25(32)14-15-29(24,26)19-21-7-3-2-4-8-21;1-3-2/h2-4,6-8,11-13,16-17,24-25,32H,5,9-10,14-15,18-19H2,1H3,(H,31,33);3H2,1-2H3. The minimum absolute atomic E-state index is 0.0152. The van der Waals surface area contributed by atoms with Gasteiger partial charge in [-0.25, -0.2) is 0 Å². The monoisotopic (exact) mass is 484 g/mol. The average molecular weight is 485 g/mol. The maximum atomic E-state index is 13.1. The number of aromatic nitrogens is 1. The van der Waals surface area contributed by atoms with E-state index >= 15 is 0 Å². The van der Waals surface area contributed by atoms with E-state index in [1.165, 1.54) is 23.1 Å². The lowest BCUT2D eigenvalue weighted by Crippen LogP contribution is -2.43. The number of anilines is 1. The molecule has 0 saturated heterocycles. The maximum Gasteiger partial charge on any atom is 0.255 e. The molecule has 1 amide bonds. The van der Waals surface area contributed by atoms with E-state index in [4.69, 9.17) is 0 Å². The normalized spacial score (nSPS) is 22.8. The van der Waals surface area contributed by atoms with Gasteiger partial charge in [-0.1, -0.05) is 56.7 Å². The van der Waals surface area contributed by atoms with Crippen LogP contribution in [0.2, 0.25) is 0 Å². The fraction of sp³-hybridized carbons (Fsp3) is 0.438. The van der Waals surface area contributed by atoms with Crippen LogP contribution in [0.4, 0.5) is 5.69 Å². The first kappa shape index (κ1) is 26.1. The molecule has 1 saturated carbocycles. The number of benzene rings is 2. The first-order chi connectivity index (χ1) is 17.5. The van der Waals surface area contributed by atoms with Crippen molar-refractivity contribution in [3.63, 3.8) is 0 Å². The predicted molar refractivity (Wildman–Crippen MR) is 147 cm³/mol. The van der Waals surface area contributed by atoms with Crippen molar-refractivity contribution in [1.29, 1.82) is 0 Å². The lowest BCUT2D eigenvalue weighted by atomic mass is 9.58. The summed E-state index contributed by atoms with van der Waals surface area (Å²) in [6.45, 7) is 6.15. The van der Waals surface area contributed by atoms with Gasteiger partial charge in [-0.2, -0.15) is 0 Å². The van der Waals surface area contributed by atoms with Gasteiger partial charge in [-0.3, -0.25) is 9.78 Å². The number of amides is 1. The molecule has 4 heteroatoms. The van der Waals surface area contributed by atoms with Gasteiger partial charge in [0.2, 0.25) is 0 Å².